The van der Waals surface area contributed by atoms with Crippen molar-refractivity contribution in [1.29, 1.82) is 0 Å². The fourth-order valence-electron chi connectivity index (χ4n) is 3.18. The van der Waals surface area contributed by atoms with Crippen molar-refractivity contribution in [2.45, 2.75) is 38.5 Å². The van der Waals surface area contributed by atoms with E-state index in [9.17, 15) is 0 Å². The van der Waals surface area contributed by atoms with Gasteiger partial charge in [0.15, 0.2) is 0 Å². The number of rotatable bonds is 3. The molecule has 3 heteroatoms. The normalized spacial score (nSPS) is 28.3. The molecule has 0 spiro atoms. The molecule has 2 atom stereocenters. The summed E-state index contributed by atoms with van der Waals surface area (Å²) in [5.41, 5.74) is 2.97. The van der Waals surface area contributed by atoms with Gasteiger partial charge < -0.3 is 10.1 Å². The molecule has 1 aromatic rings. The van der Waals surface area contributed by atoms with E-state index in [0.717, 1.165) is 39.3 Å². The van der Waals surface area contributed by atoms with Crippen molar-refractivity contribution < 1.29 is 4.74 Å². The third-order valence-corrected chi connectivity index (χ3v) is 4.13. The smallest absolute Gasteiger partial charge is 0.0637 e. The van der Waals surface area contributed by atoms with Crippen molar-refractivity contribution in [2.75, 3.05) is 19.8 Å². The topological polar surface area (TPSA) is 24.5 Å². The van der Waals surface area contributed by atoms with Crippen molar-refractivity contribution in [1.82, 2.24) is 10.2 Å². The summed E-state index contributed by atoms with van der Waals surface area (Å²) >= 11 is 0. The molecule has 1 saturated heterocycles. The molecule has 2 heterocycles. The molecule has 0 saturated carbocycles. The Morgan fingerprint density at radius 1 is 1.28 bits per heavy atom. The number of fused-ring (bicyclic) bond motifs is 1. The van der Waals surface area contributed by atoms with Crippen LogP contribution in [0.15, 0.2) is 24.3 Å². The van der Waals surface area contributed by atoms with E-state index in [1.165, 1.54) is 11.1 Å². The van der Waals surface area contributed by atoms with E-state index in [1.54, 1.807) is 0 Å². The molecule has 0 aliphatic carbocycles. The molecule has 0 amide bonds. The van der Waals surface area contributed by atoms with Crippen LogP contribution in [0.1, 0.15) is 24.5 Å². The molecule has 0 bridgehead atoms. The van der Waals surface area contributed by atoms with Crippen LogP contribution >= 0.6 is 0 Å². The predicted octanol–water partition coefficient (Wildman–Crippen LogP) is 1.77. The number of nitrogens with one attached hydrogen (secondary N) is 1. The lowest BCUT2D eigenvalue weighted by molar-refractivity contribution is -0.00466. The van der Waals surface area contributed by atoms with Gasteiger partial charge in [0.25, 0.3) is 0 Å². The van der Waals surface area contributed by atoms with Gasteiger partial charge >= 0.3 is 0 Å². The molecular weight excluding hydrogens is 224 g/mol. The van der Waals surface area contributed by atoms with E-state index < -0.39 is 0 Å². The second-order valence-corrected chi connectivity index (χ2v) is 5.27. The lowest BCUT2D eigenvalue weighted by Gasteiger charge is -2.38. The van der Waals surface area contributed by atoms with E-state index in [4.69, 9.17) is 4.74 Å². The minimum absolute atomic E-state index is 0.520. The number of nitrogens with zero attached hydrogens (tertiary/aromatic N) is 1. The Labute approximate surface area is 109 Å². The molecule has 98 valence electrons. The second-order valence-electron chi connectivity index (χ2n) is 5.27. The Balaban J connectivity index is 1.72. The van der Waals surface area contributed by atoms with Gasteiger partial charge in [0.05, 0.1) is 6.61 Å². The fraction of sp³-hybridized carbons (Fsp3) is 0.600. The number of likely N-dealkylation sites (N-methyl/N-ethyl adjacent to an activating group) is 1. The maximum absolute atomic E-state index is 5.69. The van der Waals surface area contributed by atoms with Crippen LogP contribution in [0.25, 0.3) is 0 Å². The second kappa shape index (κ2) is 5.39. The highest BCUT2D eigenvalue weighted by molar-refractivity contribution is 5.30. The molecule has 2 unspecified atom stereocenters. The predicted molar refractivity (Wildman–Crippen MR) is 72.4 cm³/mol. The van der Waals surface area contributed by atoms with Crippen molar-refractivity contribution in [3.8, 4) is 0 Å². The Morgan fingerprint density at radius 2 is 2.00 bits per heavy atom. The Morgan fingerprint density at radius 3 is 2.67 bits per heavy atom. The summed E-state index contributed by atoms with van der Waals surface area (Å²) in [5.74, 6) is 0. The van der Waals surface area contributed by atoms with Crippen LogP contribution in [0.2, 0.25) is 0 Å². The van der Waals surface area contributed by atoms with Crippen LogP contribution < -0.4 is 5.32 Å². The SMILES string of the molecule is CCNC1CCOCC1N1Cc2ccccc2C1. The van der Waals surface area contributed by atoms with Crippen molar-refractivity contribution in [3.63, 3.8) is 0 Å². The molecule has 2 aliphatic rings. The highest BCUT2D eigenvalue weighted by Crippen LogP contribution is 2.27. The Bertz CT molecular complexity index is 380. The summed E-state index contributed by atoms with van der Waals surface area (Å²) in [6.45, 7) is 7.14. The average molecular weight is 246 g/mol. The zero-order chi connectivity index (χ0) is 12.4. The summed E-state index contributed by atoms with van der Waals surface area (Å²) in [4.78, 5) is 2.57. The van der Waals surface area contributed by atoms with Crippen LogP contribution in [-0.4, -0.2) is 36.7 Å². The third kappa shape index (κ3) is 2.30. The van der Waals surface area contributed by atoms with Crippen LogP contribution in [0.5, 0.6) is 0 Å². The standard InChI is InChI=1S/C15H22N2O/c1-2-16-14-7-8-18-11-15(14)17-9-12-5-3-4-6-13(12)10-17/h3-6,14-16H,2,7-11H2,1H3. The summed E-state index contributed by atoms with van der Waals surface area (Å²) in [7, 11) is 0. The Kier molecular flexibility index (Phi) is 3.64. The number of ether oxygens (including phenoxy) is 1. The van der Waals surface area contributed by atoms with Crippen LogP contribution in [0, 0.1) is 0 Å². The summed E-state index contributed by atoms with van der Waals surface area (Å²) in [6.07, 6.45) is 1.13. The van der Waals surface area contributed by atoms with Gasteiger partial charge in [0, 0.05) is 31.8 Å². The zero-order valence-electron chi connectivity index (χ0n) is 11.1. The van der Waals surface area contributed by atoms with E-state index in [2.05, 4.69) is 41.4 Å². The minimum Gasteiger partial charge on any atom is -0.380 e. The quantitative estimate of drug-likeness (QED) is 0.879. The van der Waals surface area contributed by atoms with Gasteiger partial charge in [-0.15, -0.1) is 0 Å². The first kappa shape index (κ1) is 12.2. The van der Waals surface area contributed by atoms with E-state index in [0.29, 0.717) is 12.1 Å². The number of hydrogen-bond acceptors (Lipinski definition) is 3. The van der Waals surface area contributed by atoms with Gasteiger partial charge in [0.2, 0.25) is 0 Å². The molecule has 1 aromatic carbocycles. The monoisotopic (exact) mass is 246 g/mol. The van der Waals surface area contributed by atoms with Gasteiger partial charge in [-0.3, -0.25) is 4.90 Å². The van der Waals surface area contributed by atoms with Crippen LogP contribution in [0.4, 0.5) is 0 Å². The molecule has 3 rings (SSSR count). The molecule has 0 aromatic heterocycles. The average Bonchev–Trinajstić information content (AvgIpc) is 2.83. The number of benzene rings is 1. The summed E-state index contributed by atoms with van der Waals surface area (Å²) in [5, 5.41) is 3.62. The third-order valence-electron chi connectivity index (χ3n) is 4.13. The highest BCUT2D eigenvalue weighted by Gasteiger charge is 2.33. The van der Waals surface area contributed by atoms with Crippen LogP contribution in [-0.2, 0) is 17.8 Å². The molecule has 2 aliphatic heterocycles. The Hall–Kier alpha value is -0.900. The molecule has 1 N–H and O–H groups in total. The zero-order valence-corrected chi connectivity index (χ0v) is 11.1. The molecule has 18 heavy (non-hydrogen) atoms. The minimum atomic E-state index is 0.520. The first-order chi connectivity index (χ1) is 8.88. The van der Waals surface area contributed by atoms with E-state index >= 15 is 0 Å². The fourth-order valence-corrected chi connectivity index (χ4v) is 3.18. The summed E-state index contributed by atoms with van der Waals surface area (Å²) < 4.78 is 5.69. The highest BCUT2D eigenvalue weighted by atomic mass is 16.5. The van der Waals surface area contributed by atoms with Gasteiger partial charge in [-0.1, -0.05) is 31.2 Å². The van der Waals surface area contributed by atoms with Crippen LogP contribution in [0.3, 0.4) is 0 Å². The molecular formula is C15H22N2O. The summed E-state index contributed by atoms with van der Waals surface area (Å²) in [6, 6.07) is 9.88. The van der Waals surface area contributed by atoms with Gasteiger partial charge in [-0.25, -0.2) is 0 Å². The number of hydrogen-bond donors (Lipinski definition) is 1. The maximum Gasteiger partial charge on any atom is 0.0637 e. The van der Waals surface area contributed by atoms with Gasteiger partial charge in [-0.2, -0.15) is 0 Å². The first-order valence-electron chi connectivity index (χ1n) is 7.00. The molecule has 3 nitrogen and oxygen atoms in total. The molecule has 0 radical (unpaired) electrons. The van der Waals surface area contributed by atoms with Crippen molar-refractivity contribution >= 4 is 0 Å². The van der Waals surface area contributed by atoms with E-state index in [-0.39, 0.29) is 0 Å². The maximum atomic E-state index is 5.69. The van der Waals surface area contributed by atoms with Gasteiger partial charge in [0.1, 0.15) is 0 Å². The van der Waals surface area contributed by atoms with Gasteiger partial charge in [-0.05, 0) is 24.1 Å². The van der Waals surface area contributed by atoms with Crippen molar-refractivity contribution in [3.05, 3.63) is 35.4 Å². The molecule has 1 fully saturated rings. The largest absolute Gasteiger partial charge is 0.380 e. The first-order valence-corrected chi connectivity index (χ1v) is 7.00. The van der Waals surface area contributed by atoms with Crippen molar-refractivity contribution in [2.24, 2.45) is 0 Å². The van der Waals surface area contributed by atoms with E-state index in [1.807, 2.05) is 0 Å². The lowest BCUT2D eigenvalue weighted by Crippen LogP contribution is -2.53. The lowest BCUT2D eigenvalue weighted by atomic mass is 10.0.